The smallest absolute Gasteiger partial charge is 0.433 e. The number of amides is 5. The number of rotatable bonds is 56. The second-order valence-corrected chi connectivity index (χ2v) is 32.1. The standard InChI is InChI=1S/C50H90N6O14.C25H45N5O8.C3H5N/c1-47(2,3)67-41(58)25-15-13-14-21-37(35-42(59)68-48(4,5)6)44(61)52-26-19-17-23-39(40(57)24-20-29-64-31-33-66-34-32-65-30-28-54-56-51)55-45(62)38(36-43(60)69-49(7,8)9)22-16-18-27-53-46(63)70-50(10,11)12;1-24(2,3)37-22(32)27-12-8-7-10-20(29-23(33)38-25(4,5)6)21(31)11-9-14-34-16-18-36-19-17-35-15-13-28-30-26;1-2-3-4/h37-39H,13-36H2,1-12H3,(H,52,61)(H,53,63)(H,55,62);12,20H,7-11,13-19H2,1-6H3,(H,29,33);2H2,1H3/t;20-;/m.0./s1. The molecule has 0 radical (unpaired) electrons. The third-order valence-corrected chi connectivity index (χ3v) is 14.2. The van der Waals surface area contributed by atoms with Crippen LogP contribution in [0.5, 0.6) is 0 Å². The Labute approximate surface area is 666 Å². The molecular weight excluding hydrogens is 1460 g/mol. The van der Waals surface area contributed by atoms with Crippen molar-refractivity contribution in [2.24, 2.45) is 27.1 Å². The number of ketones is 2. The van der Waals surface area contributed by atoms with Crippen molar-refractivity contribution in [3.8, 4) is 6.07 Å². The van der Waals surface area contributed by atoms with Crippen LogP contribution in [0.1, 0.15) is 266 Å². The van der Waals surface area contributed by atoms with E-state index in [1.54, 1.807) is 104 Å². The summed E-state index contributed by atoms with van der Waals surface area (Å²) in [5.74, 6) is -3.89. The monoisotopic (exact) mass is 1600 g/mol. The number of unbranched alkanes of at least 4 members (excludes halogenated alkanes) is 5. The summed E-state index contributed by atoms with van der Waals surface area (Å²) in [6, 6.07) is 0.322. The summed E-state index contributed by atoms with van der Waals surface area (Å²) in [6.07, 6.45) is 7.47. The van der Waals surface area contributed by atoms with Crippen LogP contribution in [-0.4, -0.2) is 217 Å². The summed E-state index contributed by atoms with van der Waals surface area (Å²) in [5.41, 5.74) is 12.4. The minimum absolute atomic E-state index is 0.102. The Balaban J connectivity index is -0.00000237. The van der Waals surface area contributed by atoms with E-state index in [0.717, 1.165) is 0 Å². The zero-order chi connectivity index (χ0) is 85.5. The predicted molar refractivity (Wildman–Crippen MR) is 423 cm³/mol. The van der Waals surface area contributed by atoms with Gasteiger partial charge in [-0.15, -0.1) is 0 Å². The first-order chi connectivity index (χ1) is 52.4. The summed E-state index contributed by atoms with van der Waals surface area (Å²) >= 11 is 0. The minimum Gasteiger partial charge on any atom is -0.460 e. The average molecular weight is 1600 g/mol. The van der Waals surface area contributed by atoms with Gasteiger partial charge in [0.1, 0.15) is 33.6 Å². The molecule has 0 rings (SSSR count). The van der Waals surface area contributed by atoms with Gasteiger partial charge in [0, 0.05) is 92.9 Å². The fourth-order valence-corrected chi connectivity index (χ4v) is 9.54. The van der Waals surface area contributed by atoms with Gasteiger partial charge in [-0.3, -0.25) is 33.6 Å². The molecule has 34 nitrogen and oxygen atoms in total. The number of Topliss-reactive ketones (excluding diaryl/α,β-unsaturated/α-hetero) is 2. The Morgan fingerprint density at radius 3 is 1.20 bits per heavy atom. The Hall–Kier alpha value is -7.76. The van der Waals surface area contributed by atoms with Crippen molar-refractivity contribution >= 4 is 65.8 Å². The number of nitrogens with zero attached hydrogens (tertiary/aromatic N) is 8. The lowest BCUT2D eigenvalue weighted by atomic mass is 9.95. The summed E-state index contributed by atoms with van der Waals surface area (Å²) < 4.78 is 64.7. The fourth-order valence-electron chi connectivity index (χ4n) is 9.54. The molecule has 0 heterocycles. The third-order valence-electron chi connectivity index (χ3n) is 14.2. The number of nitrogens with one attached hydrogen (secondary N) is 4. The maximum absolute atomic E-state index is 14.0. The predicted octanol–water partition coefficient (Wildman–Crippen LogP) is 13.8. The van der Waals surface area contributed by atoms with Crippen molar-refractivity contribution in [1.29, 1.82) is 5.26 Å². The lowest BCUT2D eigenvalue weighted by Gasteiger charge is -2.24. The third kappa shape index (κ3) is 76.2. The van der Waals surface area contributed by atoms with Crippen molar-refractivity contribution in [3.63, 3.8) is 0 Å². The number of esters is 3. The van der Waals surface area contributed by atoms with Gasteiger partial charge in [0.15, 0.2) is 11.6 Å². The highest BCUT2D eigenvalue weighted by Crippen LogP contribution is 2.22. The highest BCUT2D eigenvalue weighted by Gasteiger charge is 2.31. The van der Waals surface area contributed by atoms with Crippen molar-refractivity contribution < 1.29 is 105 Å². The number of carbonyl (C=O) groups is 10. The second kappa shape index (κ2) is 63.6. The van der Waals surface area contributed by atoms with E-state index in [4.69, 9.17) is 73.2 Å². The van der Waals surface area contributed by atoms with Crippen LogP contribution in [0.4, 0.5) is 14.4 Å². The maximum Gasteiger partial charge on any atom is 0.433 e. The van der Waals surface area contributed by atoms with Crippen LogP contribution in [0.15, 0.2) is 15.2 Å². The molecule has 4 N–H and O–H groups in total. The minimum atomic E-state index is -0.888. The number of carbonyl (C=O) groups excluding carboxylic acids is 10. The molecule has 5 amide bonds. The first-order valence-electron chi connectivity index (χ1n) is 39.2. The van der Waals surface area contributed by atoms with Gasteiger partial charge in [-0.25, -0.2) is 14.4 Å². The summed E-state index contributed by atoms with van der Waals surface area (Å²) in [6.45, 7) is 38.8. The van der Waals surface area contributed by atoms with E-state index in [9.17, 15) is 47.9 Å². The van der Waals surface area contributed by atoms with Gasteiger partial charge in [-0.05, 0) is 213 Å². The van der Waals surface area contributed by atoms with Crippen LogP contribution < -0.4 is 21.3 Å². The molecular formula is C78H140N12O22. The van der Waals surface area contributed by atoms with Gasteiger partial charge < -0.3 is 78.1 Å². The quantitative estimate of drug-likeness (QED) is 0.00835. The molecule has 0 saturated heterocycles. The molecule has 0 aliphatic carbocycles. The molecule has 0 aromatic rings. The molecule has 0 fully saturated rings. The van der Waals surface area contributed by atoms with Crippen molar-refractivity contribution in [2.45, 2.75) is 312 Å². The Morgan fingerprint density at radius 1 is 0.402 bits per heavy atom. The van der Waals surface area contributed by atoms with Gasteiger partial charge in [-0.1, -0.05) is 36.4 Å². The lowest BCUT2D eigenvalue weighted by Crippen LogP contribution is -2.44. The number of hydrogen-bond acceptors (Lipinski definition) is 25. The van der Waals surface area contributed by atoms with Crippen molar-refractivity contribution in [3.05, 3.63) is 20.9 Å². The van der Waals surface area contributed by atoms with Gasteiger partial charge in [-0.2, -0.15) is 10.3 Å². The average Bonchev–Trinajstić information content (AvgIpc) is 0.872. The number of aliphatic imine (C=N–C) groups is 1. The molecule has 3 unspecified atom stereocenters. The molecule has 34 heteroatoms. The van der Waals surface area contributed by atoms with E-state index in [1.807, 2.05) is 33.8 Å². The molecule has 0 aliphatic rings. The second-order valence-electron chi connectivity index (χ2n) is 32.1. The number of nitriles is 1. The molecule has 0 aliphatic heterocycles. The van der Waals surface area contributed by atoms with E-state index in [-0.39, 0.29) is 88.2 Å². The normalized spacial score (nSPS) is 12.7. The molecule has 644 valence electrons. The van der Waals surface area contributed by atoms with Gasteiger partial charge in [0.2, 0.25) is 11.8 Å². The van der Waals surface area contributed by atoms with Gasteiger partial charge in [0.05, 0.1) is 97.1 Å². The molecule has 0 bridgehead atoms. The van der Waals surface area contributed by atoms with E-state index in [1.165, 1.54) is 6.21 Å². The van der Waals surface area contributed by atoms with E-state index >= 15 is 0 Å². The van der Waals surface area contributed by atoms with E-state index in [0.29, 0.717) is 176 Å². The van der Waals surface area contributed by atoms with Crippen LogP contribution in [0.25, 0.3) is 20.9 Å². The van der Waals surface area contributed by atoms with Crippen LogP contribution in [0.3, 0.4) is 0 Å². The van der Waals surface area contributed by atoms with Crippen molar-refractivity contribution in [1.82, 2.24) is 21.3 Å². The largest absolute Gasteiger partial charge is 0.460 e. The van der Waals surface area contributed by atoms with Crippen LogP contribution in [0.2, 0.25) is 0 Å². The SMILES string of the molecule is CC(C)(C)OC(=O)CCCCCC(CC(=O)OC(C)(C)C)C(=O)NCCCCC(NC(=O)C(CCCCNC(=O)OC(C)(C)C)CC(=O)OC(C)(C)C)C(=O)CCCOCCOCCOCCN=[N+]=[N-].CC(C)(C)OC(=O)N=CCCC[C@H](NC(=O)OC(C)(C)C)C(=O)CCCOCCOCCOCCN=[N+]=[N-].CCC#N. The van der Waals surface area contributed by atoms with E-state index in [2.05, 4.69) is 46.3 Å². The van der Waals surface area contributed by atoms with Gasteiger partial charge >= 0.3 is 36.2 Å². The summed E-state index contributed by atoms with van der Waals surface area (Å²) in [7, 11) is 0. The molecule has 112 heavy (non-hydrogen) atoms. The highest BCUT2D eigenvalue weighted by atomic mass is 16.6. The molecule has 0 spiro atoms. The molecule has 0 aromatic heterocycles. The van der Waals surface area contributed by atoms with E-state index < -0.39 is 93.7 Å². The zero-order valence-corrected chi connectivity index (χ0v) is 71.1. The van der Waals surface area contributed by atoms with Crippen LogP contribution in [-0.2, 0) is 90.4 Å². The van der Waals surface area contributed by atoms with Crippen LogP contribution in [0, 0.1) is 23.2 Å². The zero-order valence-electron chi connectivity index (χ0n) is 71.1. The lowest BCUT2D eigenvalue weighted by molar-refractivity contribution is -0.158. The first-order valence-corrected chi connectivity index (χ1v) is 39.2. The Kier molecular flexibility index (Phi) is 61.6. The molecule has 0 aromatic carbocycles. The number of azide groups is 2. The maximum atomic E-state index is 14.0. The molecule has 4 atom stereocenters. The Bertz CT molecular complexity index is 2840. The Morgan fingerprint density at radius 2 is 0.768 bits per heavy atom. The van der Waals surface area contributed by atoms with Crippen molar-refractivity contribution in [2.75, 3.05) is 105 Å². The summed E-state index contributed by atoms with van der Waals surface area (Å²) in [4.78, 5) is 137. The highest BCUT2D eigenvalue weighted by molar-refractivity contribution is 5.91. The van der Waals surface area contributed by atoms with Gasteiger partial charge in [0.25, 0.3) is 0 Å². The summed E-state index contributed by atoms with van der Waals surface area (Å²) in [5, 5.41) is 25.6. The number of ether oxygens (including phenoxy) is 12. The fraction of sp³-hybridized carbons (Fsp3) is 0.846. The number of alkyl carbamates (subject to hydrolysis) is 2. The first kappa shape index (κ1) is 108. The topological polar surface area (TPSA) is 463 Å². The number of hydrogen-bond donors (Lipinski definition) is 4. The van der Waals surface area contributed by atoms with Crippen LogP contribution >= 0.6 is 0 Å². The molecule has 0 saturated carbocycles.